The molecule has 28 heavy (non-hydrogen) atoms. The molecular formula is C20H23ClN4O3. The molecule has 148 valence electrons. The molecule has 1 aromatic carbocycles. The molecule has 1 saturated heterocycles. The molecule has 8 heteroatoms. The Morgan fingerprint density at radius 3 is 2.64 bits per heavy atom. The van der Waals surface area contributed by atoms with E-state index in [0.717, 1.165) is 25.9 Å². The number of hydrogen-bond donors (Lipinski definition) is 1. The highest BCUT2D eigenvalue weighted by Crippen LogP contribution is 2.37. The Hall–Kier alpha value is -2.54. The van der Waals surface area contributed by atoms with Crippen LogP contribution < -0.4 is 5.32 Å². The number of nitrogens with one attached hydrogen (secondary N) is 1. The quantitative estimate of drug-likeness (QED) is 0.838. The molecule has 7 nitrogen and oxygen atoms in total. The predicted molar refractivity (Wildman–Crippen MR) is 105 cm³/mol. The number of benzene rings is 1. The van der Waals surface area contributed by atoms with Crippen molar-refractivity contribution in [2.24, 2.45) is 0 Å². The van der Waals surface area contributed by atoms with Gasteiger partial charge in [0.2, 0.25) is 5.91 Å². The summed E-state index contributed by atoms with van der Waals surface area (Å²) >= 11 is 6.33. The summed E-state index contributed by atoms with van der Waals surface area (Å²) in [5, 5.41) is 3.38. The van der Waals surface area contributed by atoms with E-state index in [1.54, 1.807) is 18.0 Å². The van der Waals surface area contributed by atoms with E-state index in [9.17, 15) is 14.4 Å². The van der Waals surface area contributed by atoms with E-state index in [1.807, 2.05) is 23.1 Å². The fourth-order valence-electron chi connectivity index (χ4n) is 4.10. The summed E-state index contributed by atoms with van der Waals surface area (Å²) in [6.07, 6.45) is 2.39. The van der Waals surface area contributed by atoms with Gasteiger partial charge in [-0.25, -0.2) is 4.79 Å². The molecule has 1 atom stereocenters. The number of urea groups is 1. The van der Waals surface area contributed by atoms with Crippen molar-refractivity contribution in [2.45, 2.75) is 25.3 Å². The number of carbonyl (C=O) groups excluding carboxylic acids is 3. The van der Waals surface area contributed by atoms with Crippen LogP contribution in [0.5, 0.6) is 0 Å². The molecule has 0 spiro atoms. The van der Waals surface area contributed by atoms with E-state index in [-0.39, 0.29) is 17.8 Å². The van der Waals surface area contributed by atoms with Gasteiger partial charge in [-0.1, -0.05) is 29.8 Å². The van der Waals surface area contributed by atoms with Crippen LogP contribution in [0, 0.1) is 0 Å². The lowest BCUT2D eigenvalue weighted by Gasteiger charge is -2.31. The van der Waals surface area contributed by atoms with Gasteiger partial charge in [-0.05, 0) is 24.5 Å². The van der Waals surface area contributed by atoms with E-state index in [0.29, 0.717) is 41.4 Å². The van der Waals surface area contributed by atoms with Crippen LogP contribution in [0.4, 0.5) is 4.79 Å². The highest BCUT2D eigenvalue weighted by molar-refractivity contribution is 6.31. The third-order valence-electron chi connectivity index (χ3n) is 5.71. The summed E-state index contributed by atoms with van der Waals surface area (Å²) in [5.74, 6) is -0.0682. The van der Waals surface area contributed by atoms with Crippen LogP contribution in [0.2, 0.25) is 5.02 Å². The largest absolute Gasteiger partial charge is 0.343 e. The van der Waals surface area contributed by atoms with Crippen LogP contribution in [0.25, 0.3) is 0 Å². The first-order valence-corrected chi connectivity index (χ1v) is 9.94. The summed E-state index contributed by atoms with van der Waals surface area (Å²) in [7, 11) is 1.65. The summed E-state index contributed by atoms with van der Waals surface area (Å²) < 4.78 is 0. The molecule has 3 aliphatic heterocycles. The molecule has 4 rings (SSSR count). The monoisotopic (exact) mass is 402 g/mol. The summed E-state index contributed by atoms with van der Waals surface area (Å²) in [6, 6.07) is 6.34. The van der Waals surface area contributed by atoms with Gasteiger partial charge in [-0.15, -0.1) is 0 Å². The van der Waals surface area contributed by atoms with Gasteiger partial charge in [0.25, 0.3) is 5.91 Å². The molecule has 3 aliphatic rings. The lowest BCUT2D eigenvalue weighted by atomic mass is 9.95. The summed E-state index contributed by atoms with van der Waals surface area (Å²) in [5.41, 5.74) is 1.90. The molecule has 1 aromatic rings. The first-order chi connectivity index (χ1) is 13.5. The van der Waals surface area contributed by atoms with Crippen LogP contribution in [0.1, 0.15) is 30.9 Å². The maximum atomic E-state index is 13.1. The van der Waals surface area contributed by atoms with Crippen LogP contribution in [-0.2, 0) is 9.59 Å². The lowest BCUT2D eigenvalue weighted by molar-refractivity contribution is -0.131. The van der Waals surface area contributed by atoms with Crippen molar-refractivity contribution in [3.8, 4) is 0 Å². The lowest BCUT2D eigenvalue weighted by Crippen LogP contribution is -2.45. The Labute approximate surface area is 168 Å². The Morgan fingerprint density at radius 1 is 1.21 bits per heavy atom. The van der Waals surface area contributed by atoms with E-state index >= 15 is 0 Å². The number of hydrogen-bond acceptors (Lipinski definition) is 3. The SMILES string of the molecule is CN1C(=O)NC(c2ccccc2Cl)C2=C1CN(CCC(=O)N1CCCC1)C2=O. The second kappa shape index (κ2) is 7.47. The Kier molecular flexibility index (Phi) is 5.02. The molecule has 1 unspecified atom stereocenters. The maximum absolute atomic E-state index is 13.1. The Balaban J connectivity index is 1.54. The second-order valence-corrected chi connectivity index (χ2v) is 7.80. The zero-order valence-electron chi connectivity index (χ0n) is 15.8. The van der Waals surface area contributed by atoms with E-state index < -0.39 is 6.04 Å². The number of carbonyl (C=O) groups is 3. The van der Waals surface area contributed by atoms with Crippen LogP contribution >= 0.6 is 11.6 Å². The molecule has 0 aliphatic carbocycles. The van der Waals surface area contributed by atoms with E-state index in [1.165, 1.54) is 4.90 Å². The Morgan fingerprint density at radius 2 is 1.93 bits per heavy atom. The minimum atomic E-state index is -0.584. The van der Waals surface area contributed by atoms with Crippen molar-refractivity contribution >= 4 is 29.4 Å². The Bertz CT molecular complexity index is 863. The fourth-order valence-corrected chi connectivity index (χ4v) is 4.35. The average molecular weight is 403 g/mol. The normalized spacial score (nSPS) is 22.1. The number of amides is 4. The second-order valence-electron chi connectivity index (χ2n) is 7.39. The number of likely N-dealkylation sites (tertiary alicyclic amines) is 1. The topological polar surface area (TPSA) is 73.0 Å². The standard InChI is InChI=1S/C20H23ClN4O3/c1-23-15-12-25(11-8-16(26)24-9-4-5-10-24)19(27)17(15)18(22-20(23)28)13-6-2-3-7-14(13)21/h2-3,6-7,18H,4-5,8-12H2,1H3,(H,22,28). The van der Waals surface area contributed by atoms with Gasteiger partial charge in [-0.2, -0.15) is 0 Å². The minimum absolute atomic E-state index is 0.0837. The number of likely N-dealkylation sites (N-methyl/N-ethyl adjacent to an activating group) is 1. The minimum Gasteiger partial charge on any atom is -0.343 e. The molecule has 0 bridgehead atoms. The van der Waals surface area contributed by atoms with Gasteiger partial charge in [0.15, 0.2) is 0 Å². The number of nitrogens with zero attached hydrogens (tertiary/aromatic N) is 3. The fraction of sp³-hybridized carbons (Fsp3) is 0.450. The third kappa shape index (κ3) is 3.24. The van der Waals surface area contributed by atoms with Gasteiger partial charge in [0, 0.05) is 38.1 Å². The molecular weight excluding hydrogens is 380 g/mol. The molecule has 0 aromatic heterocycles. The van der Waals surface area contributed by atoms with Crippen LogP contribution in [-0.4, -0.2) is 65.8 Å². The smallest absolute Gasteiger partial charge is 0.322 e. The van der Waals surface area contributed by atoms with Crippen LogP contribution in [0.15, 0.2) is 35.5 Å². The van der Waals surface area contributed by atoms with Gasteiger partial charge in [-0.3, -0.25) is 14.5 Å². The average Bonchev–Trinajstić information content (AvgIpc) is 3.32. The summed E-state index contributed by atoms with van der Waals surface area (Å²) in [4.78, 5) is 42.9. The molecule has 3 heterocycles. The predicted octanol–water partition coefficient (Wildman–Crippen LogP) is 2.14. The first-order valence-electron chi connectivity index (χ1n) is 9.56. The van der Waals surface area contributed by atoms with Crippen molar-refractivity contribution in [1.29, 1.82) is 0 Å². The van der Waals surface area contributed by atoms with Crippen molar-refractivity contribution in [3.63, 3.8) is 0 Å². The number of halogens is 1. The molecule has 4 amide bonds. The van der Waals surface area contributed by atoms with Gasteiger partial charge >= 0.3 is 6.03 Å². The van der Waals surface area contributed by atoms with Crippen molar-refractivity contribution in [3.05, 3.63) is 46.1 Å². The zero-order valence-corrected chi connectivity index (χ0v) is 16.5. The van der Waals surface area contributed by atoms with E-state index in [4.69, 9.17) is 11.6 Å². The zero-order chi connectivity index (χ0) is 19.8. The molecule has 0 radical (unpaired) electrons. The third-order valence-corrected chi connectivity index (χ3v) is 6.05. The van der Waals surface area contributed by atoms with Crippen molar-refractivity contribution < 1.29 is 14.4 Å². The highest BCUT2D eigenvalue weighted by Gasteiger charge is 2.43. The molecule has 0 saturated carbocycles. The van der Waals surface area contributed by atoms with Crippen molar-refractivity contribution in [1.82, 2.24) is 20.0 Å². The van der Waals surface area contributed by atoms with E-state index in [2.05, 4.69) is 5.32 Å². The van der Waals surface area contributed by atoms with Gasteiger partial charge in [0.1, 0.15) is 0 Å². The molecule has 1 N–H and O–H groups in total. The van der Waals surface area contributed by atoms with Gasteiger partial charge < -0.3 is 15.1 Å². The van der Waals surface area contributed by atoms with Crippen molar-refractivity contribution in [2.75, 3.05) is 33.2 Å². The highest BCUT2D eigenvalue weighted by atomic mass is 35.5. The maximum Gasteiger partial charge on any atom is 0.322 e. The number of rotatable bonds is 4. The molecule has 1 fully saturated rings. The van der Waals surface area contributed by atoms with Gasteiger partial charge in [0.05, 0.1) is 23.9 Å². The van der Waals surface area contributed by atoms with Crippen LogP contribution in [0.3, 0.4) is 0 Å². The summed E-state index contributed by atoms with van der Waals surface area (Å²) in [6.45, 7) is 2.28. The first kappa shape index (κ1) is 18.8.